The lowest BCUT2D eigenvalue weighted by atomic mass is 9.89. The highest BCUT2D eigenvalue weighted by molar-refractivity contribution is 9.10. The van der Waals surface area contributed by atoms with Crippen molar-refractivity contribution in [2.75, 3.05) is 11.4 Å². The third-order valence-electron chi connectivity index (χ3n) is 4.43. The predicted octanol–water partition coefficient (Wildman–Crippen LogP) is 4.07. The van der Waals surface area contributed by atoms with Crippen molar-refractivity contribution >= 4 is 39.4 Å². The lowest BCUT2D eigenvalue weighted by molar-refractivity contribution is -0.140. The molecule has 0 spiro atoms. The number of anilines is 1. The molecule has 2 aromatic rings. The van der Waals surface area contributed by atoms with Crippen LogP contribution in [-0.4, -0.2) is 23.3 Å². The molecule has 5 heteroatoms. The van der Waals surface area contributed by atoms with Gasteiger partial charge in [-0.15, -0.1) is 0 Å². The molecule has 0 saturated carbocycles. The topological polar surface area (TPSA) is 57.6 Å². The molecule has 1 heterocycles. The van der Waals surface area contributed by atoms with Crippen LogP contribution in [-0.2, 0) is 15.2 Å². The van der Waals surface area contributed by atoms with Gasteiger partial charge in [0.1, 0.15) is 0 Å². The Bertz CT molecular complexity index is 863. The van der Waals surface area contributed by atoms with Crippen molar-refractivity contribution in [2.24, 2.45) is 0 Å². The molecule has 1 amide bonds. The largest absolute Gasteiger partial charge is 0.375 e. The number of fused-ring (bicyclic) bond motifs is 1. The SMILES string of the molecule is CCCN1C(=O)[C@](O)(CC(=O)/C=C\c2ccccc2)c2cc(Br)ccc21. The molecule has 3 rings (SSSR count). The van der Waals surface area contributed by atoms with Crippen molar-refractivity contribution in [3.63, 3.8) is 0 Å². The minimum atomic E-state index is -1.83. The van der Waals surface area contributed by atoms with E-state index in [1.165, 1.54) is 6.08 Å². The minimum Gasteiger partial charge on any atom is -0.375 e. The van der Waals surface area contributed by atoms with Gasteiger partial charge >= 0.3 is 0 Å². The summed E-state index contributed by atoms with van der Waals surface area (Å²) in [5, 5.41) is 11.1. The van der Waals surface area contributed by atoms with Crippen molar-refractivity contribution in [3.8, 4) is 0 Å². The second-order valence-electron chi connectivity index (χ2n) is 6.37. The molecule has 2 aromatic carbocycles. The Balaban J connectivity index is 1.88. The van der Waals surface area contributed by atoms with E-state index in [0.717, 1.165) is 16.5 Å². The van der Waals surface area contributed by atoms with Gasteiger partial charge in [0, 0.05) is 16.6 Å². The maximum absolute atomic E-state index is 12.9. The van der Waals surface area contributed by atoms with Crippen LogP contribution in [0.5, 0.6) is 0 Å². The monoisotopic (exact) mass is 413 g/mol. The number of aliphatic hydroxyl groups is 1. The molecule has 0 radical (unpaired) electrons. The number of rotatable bonds is 6. The van der Waals surface area contributed by atoms with Crippen molar-refractivity contribution in [3.05, 3.63) is 70.2 Å². The van der Waals surface area contributed by atoms with E-state index in [2.05, 4.69) is 15.9 Å². The first-order chi connectivity index (χ1) is 12.5. The summed E-state index contributed by atoms with van der Waals surface area (Å²) < 4.78 is 0.758. The second kappa shape index (κ2) is 7.56. The van der Waals surface area contributed by atoms with Crippen molar-refractivity contribution in [1.82, 2.24) is 0 Å². The summed E-state index contributed by atoms with van der Waals surface area (Å²) in [6.45, 7) is 2.47. The smallest absolute Gasteiger partial charge is 0.264 e. The molecule has 26 heavy (non-hydrogen) atoms. The van der Waals surface area contributed by atoms with Gasteiger partial charge in [0.2, 0.25) is 0 Å². The molecule has 0 fully saturated rings. The minimum absolute atomic E-state index is 0.279. The zero-order valence-corrected chi connectivity index (χ0v) is 16.1. The van der Waals surface area contributed by atoms with E-state index >= 15 is 0 Å². The first-order valence-electron chi connectivity index (χ1n) is 8.56. The van der Waals surface area contributed by atoms with Crippen LogP contribution in [0.25, 0.3) is 6.08 Å². The molecular formula is C21H20BrNO3. The highest BCUT2D eigenvalue weighted by atomic mass is 79.9. The van der Waals surface area contributed by atoms with E-state index in [4.69, 9.17) is 0 Å². The van der Waals surface area contributed by atoms with Gasteiger partial charge in [-0.3, -0.25) is 9.59 Å². The van der Waals surface area contributed by atoms with Crippen LogP contribution in [0.15, 0.2) is 59.1 Å². The number of benzene rings is 2. The Morgan fingerprint density at radius 2 is 1.96 bits per heavy atom. The van der Waals surface area contributed by atoms with Crippen LogP contribution in [0.3, 0.4) is 0 Å². The number of carbonyl (C=O) groups is 2. The Morgan fingerprint density at radius 3 is 2.65 bits per heavy atom. The molecule has 4 nitrogen and oxygen atoms in total. The van der Waals surface area contributed by atoms with E-state index in [1.54, 1.807) is 23.1 Å². The number of nitrogens with zero attached hydrogens (tertiary/aromatic N) is 1. The molecule has 0 aromatic heterocycles. The molecule has 0 aliphatic carbocycles. The normalized spacial score (nSPS) is 19.2. The zero-order chi connectivity index (χ0) is 18.7. The average molecular weight is 414 g/mol. The summed E-state index contributed by atoms with van der Waals surface area (Å²) >= 11 is 3.38. The molecule has 0 bridgehead atoms. The van der Waals surface area contributed by atoms with Crippen LogP contribution in [0.1, 0.15) is 30.9 Å². The summed E-state index contributed by atoms with van der Waals surface area (Å²) in [6, 6.07) is 14.8. The number of hydrogen-bond donors (Lipinski definition) is 1. The maximum Gasteiger partial charge on any atom is 0.264 e. The number of hydrogen-bond acceptors (Lipinski definition) is 3. The molecule has 0 unspecified atom stereocenters. The van der Waals surface area contributed by atoms with Crippen LogP contribution >= 0.6 is 15.9 Å². The number of amides is 1. The molecule has 1 aliphatic heterocycles. The fourth-order valence-corrected chi connectivity index (χ4v) is 3.56. The maximum atomic E-state index is 12.9. The lowest BCUT2D eigenvalue weighted by Gasteiger charge is -2.22. The first-order valence-corrected chi connectivity index (χ1v) is 9.35. The van der Waals surface area contributed by atoms with E-state index in [0.29, 0.717) is 17.8 Å². The quantitative estimate of drug-likeness (QED) is 0.726. The van der Waals surface area contributed by atoms with Gasteiger partial charge < -0.3 is 10.0 Å². The van der Waals surface area contributed by atoms with Crippen molar-refractivity contribution in [1.29, 1.82) is 0 Å². The van der Waals surface area contributed by atoms with Gasteiger partial charge in [-0.1, -0.05) is 59.3 Å². The van der Waals surface area contributed by atoms with Crippen LogP contribution in [0.4, 0.5) is 5.69 Å². The van der Waals surface area contributed by atoms with Gasteiger partial charge in [0.15, 0.2) is 11.4 Å². The van der Waals surface area contributed by atoms with Crippen LogP contribution in [0.2, 0.25) is 0 Å². The third-order valence-corrected chi connectivity index (χ3v) is 4.93. The van der Waals surface area contributed by atoms with E-state index < -0.39 is 11.5 Å². The summed E-state index contributed by atoms with van der Waals surface area (Å²) in [6.07, 6.45) is 3.59. The predicted molar refractivity (Wildman–Crippen MR) is 106 cm³/mol. The van der Waals surface area contributed by atoms with Crippen molar-refractivity contribution in [2.45, 2.75) is 25.4 Å². The highest BCUT2D eigenvalue weighted by Crippen LogP contribution is 2.43. The van der Waals surface area contributed by atoms with E-state index in [-0.39, 0.29) is 12.2 Å². The Morgan fingerprint density at radius 1 is 1.23 bits per heavy atom. The average Bonchev–Trinajstić information content (AvgIpc) is 2.83. The molecule has 0 saturated heterocycles. The zero-order valence-electron chi connectivity index (χ0n) is 14.5. The fourth-order valence-electron chi connectivity index (χ4n) is 3.20. The van der Waals surface area contributed by atoms with Gasteiger partial charge in [-0.2, -0.15) is 0 Å². The van der Waals surface area contributed by atoms with E-state index in [1.807, 2.05) is 43.3 Å². The number of halogens is 1. The molecule has 1 N–H and O–H groups in total. The molecule has 1 aliphatic rings. The third kappa shape index (κ3) is 3.50. The first kappa shape index (κ1) is 18.5. The lowest BCUT2D eigenvalue weighted by Crippen LogP contribution is -2.41. The number of allylic oxidation sites excluding steroid dienone is 1. The van der Waals surface area contributed by atoms with Gasteiger partial charge in [0.05, 0.1) is 12.1 Å². The molecular weight excluding hydrogens is 394 g/mol. The Kier molecular flexibility index (Phi) is 5.39. The fraction of sp³-hybridized carbons (Fsp3) is 0.238. The van der Waals surface area contributed by atoms with Crippen molar-refractivity contribution < 1.29 is 14.7 Å². The summed E-state index contributed by atoms with van der Waals surface area (Å²) in [5.74, 6) is -0.733. The van der Waals surface area contributed by atoms with E-state index in [9.17, 15) is 14.7 Å². The Hall–Kier alpha value is -2.24. The van der Waals surface area contributed by atoms with Gasteiger partial charge in [0.25, 0.3) is 5.91 Å². The second-order valence-corrected chi connectivity index (χ2v) is 7.28. The summed E-state index contributed by atoms with van der Waals surface area (Å²) in [5.41, 5.74) is 0.211. The number of ketones is 1. The standard InChI is InChI=1S/C21H20BrNO3/c1-2-12-23-19-11-9-16(22)13-18(19)21(26,20(23)25)14-17(24)10-8-15-6-4-3-5-7-15/h3-11,13,26H,2,12,14H2,1H3/b10-8-/t21-/m0/s1. The Labute approximate surface area is 161 Å². The molecule has 1 atom stereocenters. The van der Waals surface area contributed by atoms with Gasteiger partial charge in [-0.25, -0.2) is 0 Å². The number of carbonyl (C=O) groups excluding carboxylic acids is 2. The molecule has 134 valence electrons. The summed E-state index contributed by atoms with van der Waals surface area (Å²) in [7, 11) is 0. The highest BCUT2D eigenvalue weighted by Gasteiger charge is 2.50. The van der Waals surface area contributed by atoms with Gasteiger partial charge in [-0.05, 0) is 36.3 Å². The van der Waals surface area contributed by atoms with Crippen LogP contribution < -0.4 is 4.90 Å². The summed E-state index contributed by atoms with van der Waals surface area (Å²) in [4.78, 5) is 26.9. The van der Waals surface area contributed by atoms with Crippen LogP contribution in [0, 0.1) is 0 Å².